The minimum atomic E-state index is -0.217. The number of hydrogen-bond donors (Lipinski definition) is 8. The topological polar surface area (TPSA) is 249 Å². The van der Waals surface area contributed by atoms with Gasteiger partial charge in [0.2, 0.25) is 0 Å². The molecule has 0 amide bonds. The summed E-state index contributed by atoms with van der Waals surface area (Å²) in [6.45, 7) is 7.49. The SMILES string of the molecule is COc1cc2c3c(c4c(OC)c(OC)c(CO)cc4c2cc1CO)CN1CCCC1C3.COc1cc2c3c(c4cc(OC)c(CO)c(CO)c4c2cc1CO)CN1CCCC1C3.COc1cc2c3c(c4ccc(CO)cc4c2cc1CO)CN1CCCC1C3.COc1ccc2c(c1)c1c(c3cc(OC)c(CO)cc32)CC2CCCN2C1. The zero-order valence-electron chi connectivity index (χ0n) is 68.0. The maximum atomic E-state index is 10.4. The number of benzene rings is 12. The molecular formula is C96H108N4O16. The molecule has 4 saturated heterocycles. The number of aliphatic hydroxyl groups is 8. The molecule has 8 N–H and O–H groups in total. The average molecular weight is 1570 g/mol. The second-order valence-corrected chi connectivity index (χ2v) is 32.6. The van der Waals surface area contributed by atoms with E-state index in [0.717, 1.165) is 158 Å². The molecule has 0 radical (unpaired) electrons. The molecule has 12 aromatic carbocycles. The fraction of sp³-hybridized carbons (Fsp3) is 0.417. The normalized spacial score (nSPS) is 18.8. The lowest BCUT2D eigenvalue weighted by Crippen LogP contribution is -2.35. The predicted octanol–water partition coefficient (Wildman–Crippen LogP) is 14.1. The molecule has 4 fully saturated rings. The number of aliphatic hydroxyl groups excluding tert-OH is 8. The van der Waals surface area contributed by atoms with Gasteiger partial charge in [0.1, 0.15) is 34.5 Å². The number of rotatable bonds is 16. The van der Waals surface area contributed by atoms with Gasteiger partial charge in [0.15, 0.2) is 11.5 Å². The fourth-order valence-corrected chi connectivity index (χ4v) is 21.5. The average Bonchev–Trinajstić information content (AvgIpc) is 0.819. The lowest BCUT2D eigenvalue weighted by atomic mass is 9.82. The largest absolute Gasteiger partial charge is 0.497 e. The third-order valence-electron chi connectivity index (χ3n) is 27.2. The minimum absolute atomic E-state index is 0.0236. The number of fused-ring (bicyclic) bond motifs is 28. The highest BCUT2D eigenvalue weighted by Gasteiger charge is 2.39. The van der Waals surface area contributed by atoms with E-state index < -0.39 is 0 Å². The van der Waals surface area contributed by atoms with Gasteiger partial charge < -0.3 is 78.7 Å². The zero-order chi connectivity index (χ0) is 80.5. The molecule has 0 saturated carbocycles. The summed E-state index contributed by atoms with van der Waals surface area (Å²) in [4.78, 5) is 10.4. The van der Waals surface area contributed by atoms with Crippen LogP contribution in [0.25, 0.3) is 86.2 Å². The van der Waals surface area contributed by atoms with Crippen LogP contribution >= 0.6 is 0 Å². The highest BCUT2D eigenvalue weighted by atomic mass is 16.5. The third-order valence-corrected chi connectivity index (χ3v) is 27.2. The monoisotopic (exact) mass is 1570 g/mol. The van der Waals surface area contributed by atoms with E-state index in [-0.39, 0.29) is 52.9 Å². The van der Waals surface area contributed by atoms with E-state index >= 15 is 0 Å². The Morgan fingerprint density at radius 3 is 1.04 bits per heavy atom. The molecule has 8 heterocycles. The quantitative estimate of drug-likeness (QED) is 0.0419. The van der Waals surface area contributed by atoms with Crippen molar-refractivity contribution >= 4 is 86.2 Å². The molecule has 20 heteroatoms. The van der Waals surface area contributed by atoms with Crippen LogP contribution in [-0.4, -0.2) is 168 Å². The summed E-state index contributed by atoms with van der Waals surface area (Å²) < 4.78 is 45.0. The van der Waals surface area contributed by atoms with Crippen LogP contribution in [0.15, 0.2) is 97.1 Å². The van der Waals surface area contributed by atoms with Crippen molar-refractivity contribution in [2.24, 2.45) is 0 Å². The first-order valence-electron chi connectivity index (χ1n) is 41.2. The highest BCUT2D eigenvalue weighted by Crippen LogP contribution is 2.52. The second-order valence-electron chi connectivity index (χ2n) is 32.6. The van der Waals surface area contributed by atoms with Crippen LogP contribution in [0.1, 0.15) is 140 Å². The summed E-state index contributed by atoms with van der Waals surface area (Å²) in [5.74, 6) is 5.64. The minimum Gasteiger partial charge on any atom is -0.497 e. The third kappa shape index (κ3) is 13.5. The number of hydrogen-bond acceptors (Lipinski definition) is 20. The van der Waals surface area contributed by atoms with Crippen molar-refractivity contribution in [2.45, 2.75) is 180 Å². The van der Waals surface area contributed by atoms with E-state index in [9.17, 15) is 40.9 Å². The Morgan fingerprint density at radius 2 is 0.621 bits per heavy atom. The molecule has 608 valence electrons. The highest BCUT2D eigenvalue weighted by molar-refractivity contribution is 6.17. The standard InChI is InChI=1S/2C25H29NO5.2C23H25NO3/c1-29-22-10-19-17(7-14(22)12-27)20-8-15(13-28)24(30-2)25(31-3)23(20)21-11-26-6-4-5-16(26)9-18(19)21;1-30-23-8-17-16-7-15-4-3-5-26(15)10-20(16)19-9-24(31-2)21(12-28)22(13-29)25(19)18(17)6-14(23)11-27;1-26-16-5-6-17-18-8-14(13-25)23(27-2)11-21(18)19-9-15-4-3-7-24(15)12-22(19)20(17)10-16;1-27-23-10-21-19(8-15(23)13-26)18-7-14(12-25)4-5-17(18)22-11-24-6-2-3-16(24)9-20(21)22/h7-8,10,16,27-28H,4-6,9,11-13H2,1-3H3;6,8-9,15,27-29H,3-5,7,10-13H2,1-2H3;5-6,8,10-11,15,25H,3-4,7,9,12-13H2,1-2H3;4-5,7-8,10,16,25-26H,2-3,6,9,11-13H2,1H3. The lowest BCUT2D eigenvalue weighted by Gasteiger charge is -2.34. The molecule has 4 unspecified atom stereocenters. The van der Waals surface area contributed by atoms with Gasteiger partial charge in [-0.3, -0.25) is 19.6 Å². The van der Waals surface area contributed by atoms with Crippen LogP contribution in [0.5, 0.6) is 46.0 Å². The van der Waals surface area contributed by atoms with Crippen LogP contribution in [0.2, 0.25) is 0 Å². The smallest absolute Gasteiger partial charge is 0.169 e. The Kier molecular flexibility index (Phi) is 22.7. The van der Waals surface area contributed by atoms with Crippen molar-refractivity contribution in [3.8, 4) is 46.0 Å². The maximum absolute atomic E-state index is 10.4. The van der Waals surface area contributed by atoms with Gasteiger partial charge in [-0.1, -0.05) is 18.2 Å². The van der Waals surface area contributed by atoms with Crippen molar-refractivity contribution in [3.05, 3.63) is 186 Å². The Bertz CT molecular complexity index is 5840. The van der Waals surface area contributed by atoms with Gasteiger partial charge in [0.25, 0.3) is 0 Å². The molecule has 0 aromatic heterocycles. The van der Waals surface area contributed by atoms with E-state index in [0.29, 0.717) is 75.2 Å². The Labute approximate surface area is 676 Å². The lowest BCUT2D eigenvalue weighted by molar-refractivity contribution is 0.229. The van der Waals surface area contributed by atoms with Gasteiger partial charge in [0.05, 0.1) is 110 Å². The van der Waals surface area contributed by atoms with Crippen LogP contribution in [0.4, 0.5) is 0 Å². The van der Waals surface area contributed by atoms with Gasteiger partial charge in [-0.15, -0.1) is 0 Å². The van der Waals surface area contributed by atoms with Crippen molar-refractivity contribution in [1.29, 1.82) is 0 Å². The number of ether oxygens (including phenoxy) is 8. The summed E-state index contributed by atoms with van der Waals surface area (Å²) >= 11 is 0. The first kappa shape index (κ1) is 79.1. The van der Waals surface area contributed by atoms with Crippen LogP contribution in [-0.2, 0) is 105 Å². The summed E-state index contributed by atoms with van der Waals surface area (Å²) in [6.07, 6.45) is 14.1. The van der Waals surface area contributed by atoms with E-state index in [2.05, 4.69) is 74.2 Å². The molecule has 20 nitrogen and oxygen atoms in total. The molecule has 4 atom stereocenters. The van der Waals surface area contributed by atoms with Gasteiger partial charge in [-0.2, -0.15) is 0 Å². The van der Waals surface area contributed by atoms with Crippen molar-refractivity contribution in [1.82, 2.24) is 19.6 Å². The summed E-state index contributed by atoms with van der Waals surface area (Å²) in [5, 5.41) is 97.7. The molecule has 8 aliphatic rings. The molecule has 8 aliphatic heterocycles. The molecule has 116 heavy (non-hydrogen) atoms. The van der Waals surface area contributed by atoms with Crippen LogP contribution in [0.3, 0.4) is 0 Å². The van der Waals surface area contributed by atoms with Crippen molar-refractivity contribution in [2.75, 3.05) is 83.1 Å². The first-order valence-corrected chi connectivity index (χ1v) is 41.2. The maximum Gasteiger partial charge on any atom is 0.169 e. The molecule has 0 aliphatic carbocycles. The summed E-state index contributed by atoms with van der Waals surface area (Å²) in [5.41, 5.74) is 16.9. The Balaban J connectivity index is 0.000000111. The van der Waals surface area contributed by atoms with Gasteiger partial charge in [-0.25, -0.2) is 0 Å². The molecule has 0 bridgehead atoms. The van der Waals surface area contributed by atoms with Gasteiger partial charge >= 0.3 is 0 Å². The Morgan fingerprint density at radius 1 is 0.267 bits per heavy atom. The predicted molar refractivity (Wildman–Crippen MR) is 454 cm³/mol. The van der Waals surface area contributed by atoms with Gasteiger partial charge in [0, 0.05) is 89.1 Å². The molecule has 12 aromatic rings. The molecular weight excluding hydrogens is 1470 g/mol. The van der Waals surface area contributed by atoms with Crippen LogP contribution in [0, 0.1) is 0 Å². The van der Waals surface area contributed by atoms with Gasteiger partial charge in [-0.05, 0) is 319 Å². The van der Waals surface area contributed by atoms with Crippen molar-refractivity contribution in [3.63, 3.8) is 0 Å². The number of nitrogens with zero attached hydrogens (tertiary/aromatic N) is 4. The van der Waals surface area contributed by atoms with E-state index in [4.69, 9.17) is 37.9 Å². The molecule has 20 rings (SSSR count). The zero-order valence-corrected chi connectivity index (χ0v) is 68.0. The van der Waals surface area contributed by atoms with E-state index in [1.807, 2.05) is 42.5 Å². The first-order chi connectivity index (χ1) is 56.7. The van der Waals surface area contributed by atoms with E-state index in [1.165, 1.54) is 141 Å². The second kappa shape index (κ2) is 33.2. The summed E-state index contributed by atoms with van der Waals surface area (Å²) in [6, 6.07) is 35.6. The van der Waals surface area contributed by atoms with Crippen LogP contribution < -0.4 is 37.9 Å². The number of methoxy groups -OCH3 is 8. The molecule has 0 spiro atoms. The van der Waals surface area contributed by atoms with Crippen molar-refractivity contribution < 1.29 is 78.7 Å². The van der Waals surface area contributed by atoms with E-state index in [1.54, 1.807) is 56.9 Å². The fourth-order valence-electron chi connectivity index (χ4n) is 21.5. The summed E-state index contributed by atoms with van der Waals surface area (Å²) in [7, 11) is 13.2. The Hall–Kier alpha value is -9.36.